The molecule has 0 aliphatic heterocycles. The van der Waals surface area contributed by atoms with Gasteiger partial charge in [-0.05, 0) is 24.0 Å². The van der Waals surface area contributed by atoms with Crippen molar-refractivity contribution in [3.8, 4) is 0 Å². The highest BCUT2D eigenvalue weighted by atomic mass is 32.2. The quantitative estimate of drug-likeness (QED) is 0.740. The van der Waals surface area contributed by atoms with Crippen LogP contribution in [0.5, 0.6) is 0 Å². The molecule has 0 heterocycles. The SMILES string of the molecule is COC(=O)C(CSC)c1ccc(F)cc1. The van der Waals surface area contributed by atoms with Gasteiger partial charge in [0, 0.05) is 5.75 Å². The van der Waals surface area contributed by atoms with Crippen molar-refractivity contribution in [2.45, 2.75) is 5.92 Å². The van der Waals surface area contributed by atoms with Crippen molar-refractivity contribution in [1.29, 1.82) is 0 Å². The molecule has 0 bridgehead atoms. The van der Waals surface area contributed by atoms with Crippen LogP contribution in [-0.2, 0) is 9.53 Å². The number of hydrogen-bond acceptors (Lipinski definition) is 3. The van der Waals surface area contributed by atoms with E-state index < -0.39 is 0 Å². The van der Waals surface area contributed by atoms with E-state index in [2.05, 4.69) is 0 Å². The average molecular weight is 228 g/mol. The van der Waals surface area contributed by atoms with Crippen LogP contribution in [0.3, 0.4) is 0 Å². The van der Waals surface area contributed by atoms with E-state index in [0.29, 0.717) is 5.75 Å². The normalized spacial score (nSPS) is 12.2. The van der Waals surface area contributed by atoms with Crippen LogP contribution in [0.2, 0.25) is 0 Å². The summed E-state index contributed by atoms with van der Waals surface area (Å²) < 4.78 is 17.4. The second kappa shape index (κ2) is 5.75. The van der Waals surface area contributed by atoms with Gasteiger partial charge in [-0.25, -0.2) is 4.39 Å². The Morgan fingerprint density at radius 2 is 2.07 bits per heavy atom. The van der Waals surface area contributed by atoms with Crippen LogP contribution in [0, 0.1) is 5.82 Å². The van der Waals surface area contributed by atoms with Gasteiger partial charge in [-0.1, -0.05) is 12.1 Å². The van der Waals surface area contributed by atoms with E-state index in [-0.39, 0.29) is 17.7 Å². The molecule has 1 aromatic carbocycles. The van der Waals surface area contributed by atoms with Crippen molar-refractivity contribution in [1.82, 2.24) is 0 Å². The maximum absolute atomic E-state index is 12.7. The number of rotatable bonds is 4. The van der Waals surface area contributed by atoms with E-state index in [1.165, 1.54) is 19.2 Å². The molecule has 0 aromatic heterocycles. The van der Waals surface area contributed by atoms with Crippen LogP contribution in [0.1, 0.15) is 11.5 Å². The molecule has 15 heavy (non-hydrogen) atoms. The lowest BCUT2D eigenvalue weighted by Gasteiger charge is -2.13. The third-order valence-corrected chi connectivity index (χ3v) is 2.76. The van der Waals surface area contributed by atoms with E-state index in [0.717, 1.165) is 5.56 Å². The van der Waals surface area contributed by atoms with Crippen LogP contribution in [-0.4, -0.2) is 25.1 Å². The Bertz CT molecular complexity index is 324. The molecular weight excluding hydrogens is 215 g/mol. The van der Waals surface area contributed by atoms with Crippen molar-refractivity contribution in [2.75, 3.05) is 19.1 Å². The predicted molar refractivity (Wildman–Crippen MR) is 59.5 cm³/mol. The first-order valence-corrected chi connectivity index (χ1v) is 5.90. The number of halogens is 1. The molecule has 1 aromatic rings. The molecule has 0 amide bonds. The molecule has 1 atom stereocenters. The van der Waals surface area contributed by atoms with Gasteiger partial charge >= 0.3 is 5.97 Å². The van der Waals surface area contributed by atoms with Crippen molar-refractivity contribution in [2.24, 2.45) is 0 Å². The van der Waals surface area contributed by atoms with Crippen molar-refractivity contribution in [3.63, 3.8) is 0 Å². The van der Waals surface area contributed by atoms with Gasteiger partial charge in [0.25, 0.3) is 0 Å². The number of benzene rings is 1. The zero-order valence-electron chi connectivity index (χ0n) is 8.70. The Labute approximate surface area is 92.8 Å². The van der Waals surface area contributed by atoms with Gasteiger partial charge < -0.3 is 4.74 Å². The molecule has 0 saturated heterocycles. The zero-order valence-corrected chi connectivity index (χ0v) is 9.51. The summed E-state index contributed by atoms with van der Waals surface area (Å²) in [5.74, 6) is -0.258. The van der Waals surface area contributed by atoms with Gasteiger partial charge in [-0.3, -0.25) is 4.79 Å². The second-order valence-corrected chi connectivity index (χ2v) is 3.99. The molecule has 0 N–H and O–H groups in total. The maximum Gasteiger partial charge on any atom is 0.313 e. The number of esters is 1. The summed E-state index contributed by atoms with van der Waals surface area (Å²) in [7, 11) is 1.36. The van der Waals surface area contributed by atoms with Gasteiger partial charge in [0.2, 0.25) is 0 Å². The van der Waals surface area contributed by atoms with Gasteiger partial charge in [0.15, 0.2) is 0 Å². The third-order valence-electron chi connectivity index (χ3n) is 2.09. The first kappa shape index (κ1) is 12.0. The third kappa shape index (κ3) is 3.23. The monoisotopic (exact) mass is 228 g/mol. The van der Waals surface area contributed by atoms with Gasteiger partial charge in [0.05, 0.1) is 13.0 Å². The van der Waals surface area contributed by atoms with Crippen LogP contribution < -0.4 is 0 Å². The second-order valence-electron chi connectivity index (χ2n) is 3.08. The van der Waals surface area contributed by atoms with Crippen molar-refractivity contribution < 1.29 is 13.9 Å². The van der Waals surface area contributed by atoms with E-state index in [9.17, 15) is 9.18 Å². The number of carbonyl (C=O) groups is 1. The lowest BCUT2D eigenvalue weighted by atomic mass is 10.0. The van der Waals surface area contributed by atoms with Crippen LogP contribution in [0.25, 0.3) is 0 Å². The number of methoxy groups -OCH3 is 1. The van der Waals surface area contributed by atoms with Gasteiger partial charge in [0.1, 0.15) is 5.82 Å². The Morgan fingerprint density at radius 3 is 2.53 bits per heavy atom. The Balaban J connectivity index is 2.88. The Kier molecular flexibility index (Phi) is 4.62. The summed E-state index contributed by atoms with van der Waals surface area (Å²) in [4.78, 5) is 11.5. The summed E-state index contributed by atoms with van der Waals surface area (Å²) in [6.45, 7) is 0. The summed E-state index contributed by atoms with van der Waals surface area (Å²) in [6.07, 6.45) is 1.92. The fraction of sp³-hybridized carbons (Fsp3) is 0.364. The summed E-state index contributed by atoms with van der Waals surface area (Å²) >= 11 is 1.56. The molecule has 4 heteroatoms. The van der Waals surface area contributed by atoms with Crippen molar-refractivity contribution >= 4 is 17.7 Å². The molecule has 0 saturated carbocycles. The summed E-state index contributed by atoms with van der Waals surface area (Å²) in [6, 6.07) is 5.94. The van der Waals surface area contributed by atoms with Gasteiger partial charge in [-0.15, -0.1) is 0 Å². The molecule has 0 fully saturated rings. The molecule has 2 nitrogen and oxygen atoms in total. The molecule has 1 rings (SSSR count). The Morgan fingerprint density at radius 1 is 1.47 bits per heavy atom. The minimum Gasteiger partial charge on any atom is -0.469 e. The highest BCUT2D eigenvalue weighted by Gasteiger charge is 2.20. The molecule has 0 aliphatic rings. The van der Waals surface area contributed by atoms with Crippen LogP contribution >= 0.6 is 11.8 Å². The van der Waals surface area contributed by atoms with Crippen LogP contribution in [0.4, 0.5) is 4.39 Å². The zero-order chi connectivity index (χ0) is 11.3. The fourth-order valence-corrected chi connectivity index (χ4v) is 1.97. The lowest BCUT2D eigenvalue weighted by Crippen LogP contribution is -2.16. The number of thioether (sulfide) groups is 1. The largest absolute Gasteiger partial charge is 0.469 e. The molecule has 0 spiro atoms. The smallest absolute Gasteiger partial charge is 0.313 e. The fourth-order valence-electron chi connectivity index (χ4n) is 1.30. The standard InChI is InChI=1S/C11H13FO2S/c1-14-11(13)10(7-15-2)8-3-5-9(12)6-4-8/h3-6,10H,7H2,1-2H3. The van der Waals surface area contributed by atoms with E-state index in [1.54, 1.807) is 23.9 Å². The minimum absolute atomic E-state index is 0.282. The first-order valence-electron chi connectivity index (χ1n) is 4.51. The van der Waals surface area contributed by atoms with Crippen molar-refractivity contribution in [3.05, 3.63) is 35.6 Å². The minimum atomic E-state index is -0.314. The summed E-state index contributed by atoms with van der Waals surface area (Å²) in [5, 5.41) is 0. The van der Waals surface area contributed by atoms with Gasteiger partial charge in [-0.2, -0.15) is 11.8 Å². The highest BCUT2D eigenvalue weighted by molar-refractivity contribution is 7.98. The number of hydrogen-bond donors (Lipinski definition) is 0. The van der Waals surface area contributed by atoms with E-state index in [1.807, 2.05) is 6.26 Å². The Hall–Kier alpha value is -1.03. The lowest BCUT2D eigenvalue weighted by molar-refractivity contribution is -0.141. The molecule has 0 aliphatic carbocycles. The average Bonchev–Trinajstić information content (AvgIpc) is 2.26. The molecular formula is C11H13FO2S. The molecule has 1 unspecified atom stereocenters. The number of ether oxygens (including phenoxy) is 1. The van der Waals surface area contributed by atoms with Crippen LogP contribution in [0.15, 0.2) is 24.3 Å². The number of carbonyl (C=O) groups excluding carboxylic acids is 1. The topological polar surface area (TPSA) is 26.3 Å². The first-order chi connectivity index (χ1) is 7.19. The highest BCUT2D eigenvalue weighted by Crippen LogP contribution is 2.21. The maximum atomic E-state index is 12.7. The summed E-state index contributed by atoms with van der Waals surface area (Å²) in [5.41, 5.74) is 0.789. The van der Waals surface area contributed by atoms with E-state index >= 15 is 0 Å². The molecule has 0 radical (unpaired) electrons. The molecule has 82 valence electrons. The van der Waals surface area contributed by atoms with E-state index in [4.69, 9.17) is 4.74 Å². The predicted octanol–water partition coefficient (Wildman–Crippen LogP) is 2.45.